The number of rotatable bonds is 1. The lowest BCUT2D eigenvalue weighted by Gasteiger charge is -2.27. The molecule has 0 fully saturated rings. The summed E-state index contributed by atoms with van der Waals surface area (Å²) in [5, 5.41) is 2.34. The van der Waals surface area contributed by atoms with E-state index >= 15 is 0 Å². The predicted octanol–water partition coefficient (Wildman–Crippen LogP) is 6.15. The molecule has 0 bridgehead atoms. The van der Waals surface area contributed by atoms with E-state index < -0.39 is 0 Å². The molecule has 2 aliphatic heterocycles. The van der Waals surface area contributed by atoms with Crippen molar-refractivity contribution in [1.82, 2.24) is 4.98 Å². The number of hydrogen-bond acceptors (Lipinski definition) is 4. The average Bonchev–Trinajstić information content (AvgIpc) is 3.42. The molecule has 29 heavy (non-hydrogen) atoms. The zero-order valence-corrected chi connectivity index (χ0v) is 15.6. The Hall–Kier alpha value is -3.79. The third-order valence-electron chi connectivity index (χ3n) is 6.13. The van der Waals surface area contributed by atoms with Crippen LogP contribution in [0.2, 0.25) is 0 Å². The van der Waals surface area contributed by atoms with Gasteiger partial charge in [-0.25, -0.2) is 4.98 Å². The number of hydrogen-bond donors (Lipinski definition) is 0. The highest BCUT2D eigenvalue weighted by molar-refractivity contribution is 6.11. The Morgan fingerprint density at radius 2 is 1.66 bits per heavy atom. The van der Waals surface area contributed by atoms with Gasteiger partial charge in [-0.1, -0.05) is 48.5 Å². The first kappa shape index (κ1) is 15.2. The highest BCUT2D eigenvalue weighted by atomic mass is 16.3. The van der Waals surface area contributed by atoms with Gasteiger partial charge in [-0.05, 0) is 35.9 Å². The lowest BCUT2D eigenvalue weighted by Crippen LogP contribution is -2.35. The molecule has 0 aliphatic carbocycles. The van der Waals surface area contributed by atoms with E-state index in [1.807, 2.05) is 24.4 Å². The van der Waals surface area contributed by atoms with E-state index in [4.69, 9.17) is 9.40 Å². The third kappa shape index (κ3) is 1.90. The van der Waals surface area contributed by atoms with Crippen molar-refractivity contribution in [3.8, 4) is 0 Å². The number of para-hydroxylation sites is 2. The summed E-state index contributed by atoms with van der Waals surface area (Å²) in [6.45, 7) is 0. The van der Waals surface area contributed by atoms with Crippen molar-refractivity contribution in [2.75, 3.05) is 9.80 Å². The van der Waals surface area contributed by atoms with Crippen molar-refractivity contribution in [3.05, 3.63) is 90.6 Å². The highest BCUT2D eigenvalue weighted by Gasteiger charge is 2.45. The van der Waals surface area contributed by atoms with E-state index in [9.17, 15) is 0 Å². The van der Waals surface area contributed by atoms with Gasteiger partial charge in [0.25, 0.3) is 0 Å². The maximum atomic E-state index is 6.38. The first-order valence-electron chi connectivity index (χ1n) is 9.92. The highest BCUT2D eigenvalue weighted by Crippen LogP contribution is 2.54. The summed E-state index contributed by atoms with van der Waals surface area (Å²) in [4.78, 5) is 9.51. The molecule has 3 aromatic carbocycles. The Labute approximate surface area is 167 Å². The SMILES string of the molecule is c1ccc(N2c3ncccc3N3c4c(ccc5c4oc4ccccc45)CC23)cc1. The second-order valence-electron chi connectivity index (χ2n) is 7.65. The molecule has 1 atom stereocenters. The second-order valence-corrected chi connectivity index (χ2v) is 7.65. The van der Waals surface area contributed by atoms with E-state index in [2.05, 4.69) is 70.5 Å². The Kier molecular flexibility index (Phi) is 2.82. The van der Waals surface area contributed by atoms with Crippen LogP contribution >= 0.6 is 0 Å². The molecule has 2 aliphatic rings. The summed E-state index contributed by atoms with van der Waals surface area (Å²) in [5.41, 5.74) is 6.69. The largest absolute Gasteiger partial charge is 0.454 e. The molecule has 4 heteroatoms. The summed E-state index contributed by atoms with van der Waals surface area (Å²) >= 11 is 0. The molecule has 0 saturated heterocycles. The molecule has 0 radical (unpaired) electrons. The molecule has 5 aromatic rings. The number of nitrogens with zero attached hydrogens (tertiary/aromatic N) is 3. The van der Waals surface area contributed by atoms with E-state index in [1.165, 1.54) is 22.0 Å². The van der Waals surface area contributed by atoms with Gasteiger partial charge in [0.05, 0.1) is 11.4 Å². The number of furan rings is 1. The topological polar surface area (TPSA) is 32.5 Å². The quantitative estimate of drug-likeness (QED) is 0.352. The Bertz CT molecular complexity index is 1410. The normalized spacial score (nSPS) is 17.0. The number of benzene rings is 3. The van der Waals surface area contributed by atoms with Crippen LogP contribution in [-0.2, 0) is 6.42 Å². The lowest BCUT2D eigenvalue weighted by atomic mass is 10.1. The lowest BCUT2D eigenvalue weighted by molar-refractivity contribution is 0.666. The fraction of sp³-hybridized carbons (Fsp3) is 0.0800. The van der Waals surface area contributed by atoms with Crippen LogP contribution in [0.5, 0.6) is 0 Å². The number of anilines is 4. The summed E-state index contributed by atoms with van der Waals surface area (Å²) < 4.78 is 6.38. The maximum Gasteiger partial charge on any atom is 0.159 e. The summed E-state index contributed by atoms with van der Waals surface area (Å²) in [7, 11) is 0. The minimum Gasteiger partial charge on any atom is -0.454 e. The van der Waals surface area contributed by atoms with Crippen molar-refractivity contribution in [3.63, 3.8) is 0 Å². The van der Waals surface area contributed by atoms with Gasteiger partial charge in [0.2, 0.25) is 0 Å². The van der Waals surface area contributed by atoms with Crippen LogP contribution < -0.4 is 9.80 Å². The van der Waals surface area contributed by atoms with Crippen molar-refractivity contribution in [2.24, 2.45) is 0 Å². The van der Waals surface area contributed by atoms with Gasteiger partial charge < -0.3 is 14.2 Å². The van der Waals surface area contributed by atoms with E-state index in [0.29, 0.717) is 0 Å². The maximum absolute atomic E-state index is 6.38. The molecule has 0 saturated carbocycles. The minimum absolute atomic E-state index is 0.163. The summed E-state index contributed by atoms with van der Waals surface area (Å²) in [6.07, 6.45) is 2.96. The van der Waals surface area contributed by atoms with Gasteiger partial charge in [0, 0.05) is 29.1 Å². The molecule has 0 spiro atoms. The van der Waals surface area contributed by atoms with Gasteiger partial charge in [-0.2, -0.15) is 0 Å². The second kappa shape index (κ2) is 5.39. The molecule has 4 heterocycles. The standard InChI is InChI=1S/C25H17N3O/c1-2-7-17(8-3-1)27-22-15-16-12-13-19-18-9-4-5-11-21(18)29-24(19)23(16)28(22)20-10-6-14-26-25(20)27/h1-14,22H,15H2. The van der Waals surface area contributed by atoms with Crippen LogP contribution in [0, 0.1) is 0 Å². The van der Waals surface area contributed by atoms with Crippen molar-refractivity contribution < 1.29 is 4.42 Å². The molecule has 2 aromatic heterocycles. The monoisotopic (exact) mass is 375 g/mol. The smallest absolute Gasteiger partial charge is 0.159 e. The minimum atomic E-state index is 0.163. The molecular formula is C25H17N3O. The van der Waals surface area contributed by atoms with E-state index in [1.54, 1.807) is 0 Å². The van der Waals surface area contributed by atoms with Gasteiger partial charge in [-0.15, -0.1) is 0 Å². The molecule has 1 unspecified atom stereocenters. The molecule has 0 N–H and O–H groups in total. The van der Waals surface area contributed by atoms with Gasteiger partial charge >= 0.3 is 0 Å². The fourth-order valence-electron chi connectivity index (χ4n) is 4.96. The van der Waals surface area contributed by atoms with Crippen molar-refractivity contribution in [1.29, 1.82) is 0 Å². The first-order chi connectivity index (χ1) is 14.4. The van der Waals surface area contributed by atoms with Crippen molar-refractivity contribution in [2.45, 2.75) is 12.6 Å². The Balaban J connectivity index is 1.52. The van der Waals surface area contributed by atoms with Gasteiger partial charge in [0.1, 0.15) is 11.7 Å². The fourth-order valence-corrected chi connectivity index (χ4v) is 4.96. The summed E-state index contributed by atoms with van der Waals surface area (Å²) in [6, 6.07) is 27.5. The Morgan fingerprint density at radius 1 is 0.793 bits per heavy atom. The average molecular weight is 375 g/mol. The summed E-state index contributed by atoms with van der Waals surface area (Å²) in [5.74, 6) is 1.00. The molecule has 0 amide bonds. The van der Waals surface area contributed by atoms with Crippen LogP contribution in [0.1, 0.15) is 5.56 Å². The molecular weight excluding hydrogens is 358 g/mol. The first-order valence-corrected chi connectivity index (χ1v) is 9.92. The van der Waals surface area contributed by atoms with Gasteiger partial charge in [0.15, 0.2) is 11.4 Å². The van der Waals surface area contributed by atoms with Crippen LogP contribution in [0.4, 0.5) is 22.9 Å². The molecule has 7 rings (SSSR count). The zero-order chi connectivity index (χ0) is 18.9. The van der Waals surface area contributed by atoms with Crippen LogP contribution in [-0.4, -0.2) is 11.1 Å². The van der Waals surface area contributed by atoms with Crippen LogP contribution in [0.25, 0.3) is 21.9 Å². The zero-order valence-electron chi connectivity index (χ0n) is 15.6. The number of pyridine rings is 1. The Morgan fingerprint density at radius 3 is 2.59 bits per heavy atom. The van der Waals surface area contributed by atoms with Crippen LogP contribution in [0.15, 0.2) is 89.5 Å². The van der Waals surface area contributed by atoms with E-state index in [-0.39, 0.29) is 6.17 Å². The van der Waals surface area contributed by atoms with Crippen molar-refractivity contribution >= 4 is 44.8 Å². The third-order valence-corrected chi connectivity index (χ3v) is 6.13. The number of fused-ring (bicyclic) bond motifs is 9. The van der Waals surface area contributed by atoms with Crippen LogP contribution in [0.3, 0.4) is 0 Å². The number of aromatic nitrogens is 1. The van der Waals surface area contributed by atoms with Gasteiger partial charge in [-0.3, -0.25) is 0 Å². The molecule has 138 valence electrons. The van der Waals surface area contributed by atoms with E-state index in [0.717, 1.165) is 34.8 Å². The molecule has 4 nitrogen and oxygen atoms in total. The predicted molar refractivity (Wildman–Crippen MR) is 116 cm³/mol.